The summed E-state index contributed by atoms with van der Waals surface area (Å²) in [5.41, 5.74) is 6.49. The summed E-state index contributed by atoms with van der Waals surface area (Å²) >= 11 is 0. The monoisotopic (exact) mass is 509 g/mol. The number of allylic oxidation sites excluding steroid dienone is 7. The molecule has 0 heterocycles. The van der Waals surface area contributed by atoms with Crippen molar-refractivity contribution in [2.45, 2.75) is 144 Å². The van der Waals surface area contributed by atoms with E-state index in [4.69, 9.17) is 4.74 Å². The first-order chi connectivity index (χ1) is 15.2. The molecule has 1 nitrogen and oxygen atoms in total. The third-order valence-corrected chi connectivity index (χ3v) is 12.5. The van der Waals surface area contributed by atoms with Crippen molar-refractivity contribution >= 4 is 7.05 Å². The molecular formula is C30H56NPTi. The Labute approximate surface area is 224 Å². The van der Waals surface area contributed by atoms with E-state index in [0.29, 0.717) is 0 Å². The van der Waals surface area contributed by atoms with Crippen molar-refractivity contribution in [3.05, 3.63) is 47.2 Å². The van der Waals surface area contributed by atoms with Crippen molar-refractivity contribution in [1.29, 1.82) is 0 Å². The molecule has 1 rings (SSSR count). The van der Waals surface area contributed by atoms with Gasteiger partial charge in [-0.1, -0.05) is 110 Å². The molecular weight excluding hydrogens is 453 g/mol. The van der Waals surface area contributed by atoms with Crippen molar-refractivity contribution in [1.82, 2.24) is 0 Å². The van der Waals surface area contributed by atoms with Gasteiger partial charge in [-0.3, -0.25) is 4.74 Å². The van der Waals surface area contributed by atoms with E-state index in [9.17, 15) is 0 Å². The third kappa shape index (κ3) is 11.9. The standard InChI is InChI=1S/C20H38NP.C10H18.Ti/c1-7-12-17(4)22(18(5)13-8-2,19(6)14-9-3)21-20-15-10-11-16-20;1-5-7-9(3)10(4)8-6-2;/h10-11,15,17-19H,7-9,12-14,16H2,1-6H3;7-8H,5-6H2,1-4H3;. The van der Waals surface area contributed by atoms with E-state index < -0.39 is 7.05 Å². The van der Waals surface area contributed by atoms with Crippen molar-refractivity contribution in [2.24, 2.45) is 4.74 Å². The summed E-state index contributed by atoms with van der Waals surface area (Å²) < 4.78 is 5.57. The maximum Gasteiger partial charge on any atom is 0.0425 e. The van der Waals surface area contributed by atoms with Gasteiger partial charge in [0.2, 0.25) is 0 Å². The topological polar surface area (TPSA) is 12.4 Å². The van der Waals surface area contributed by atoms with E-state index in [1.165, 1.54) is 55.4 Å². The molecule has 0 radical (unpaired) electrons. The number of hydrogen-bond donors (Lipinski definition) is 0. The molecule has 0 saturated carbocycles. The second-order valence-electron chi connectivity index (χ2n) is 9.69. The minimum atomic E-state index is -1.35. The van der Waals surface area contributed by atoms with Crippen LogP contribution in [0.5, 0.6) is 0 Å². The number of rotatable bonds is 13. The molecule has 3 unspecified atom stereocenters. The van der Waals surface area contributed by atoms with Gasteiger partial charge >= 0.3 is 0 Å². The van der Waals surface area contributed by atoms with E-state index in [1.54, 1.807) is 0 Å². The van der Waals surface area contributed by atoms with Crippen LogP contribution in [0.15, 0.2) is 52.0 Å². The average Bonchev–Trinajstić information content (AvgIpc) is 3.26. The first kappa shape index (κ1) is 35.1. The Bertz CT molecular complexity index is 627. The maximum atomic E-state index is 5.57. The summed E-state index contributed by atoms with van der Waals surface area (Å²) in [6.07, 6.45) is 22.4. The van der Waals surface area contributed by atoms with Gasteiger partial charge in [0, 0.05) is 33.8 Å². The van der Waals surface area contributed by atoms with Crippen molar-refractivity contribution in [3.8, 4) is 0 Å². The molecule has 190 valence electrons. The molecule has 0 fully saturated rings. The molecule has 0 aromatic heterocycles. The van der Waals surface area contributed by atoms with Crippen LogP contribution in [0.4, 0.5) is 0 Å². The molecule has 33 heavy (non-hydrogen) atoms. The van der Waals surface area contributed by atoms with Gasteiger partial charge in [0.1, 0.15) is 0 Å². The van der Waals surface area contributed by atoms with Crippen LogP contribution >= 0.6 is 7.05 Å². The van der Waals surface area contributed by atoms with Crippen LogP contribution in [-0.2, 0) is 21.7 Å². The van der Waals surface area contributed by atoms with Crippen molar-refractivity contribution in [2.75, 3.05) is 0 Å². The van der Waals surface area contributed by atoms with Gasteiger partial charge in [0.15, 0.2) is 0 Å². The van der Waals surface area contributed by atoms with Gasteiger partial charge in [-0.25, -0.2) is 0 Å². The molecule has 0 spiro atoms. The Balaban J connectivity index is 0. The molecule has 0 aromatic rings. The fourth-order valence-corrected chi connectivity index (χ4v) is 10.9. The van der Waals surface area contributed by atoms with Crippen LogP contribution in [0.1, 0.15) is 127 Å². The second-order valence-corrected chi connectivity index (χ2v) is 14.1. The molecule has 3 heteroatoms. The Hall–Kier alpha value is -0.0957. The normalized spacial score (nSPS) is 18.3. The van der Waals surface area contributed by atoms with Gasteiger partial charge in [-0.05, 0) is 76.1 Å². The zero-order chi connectivity index (χ0) is 24.6. The van der Waals surface area contributed by atoms with Crippen LogP contribution in [0.2, 0.25) is 0 Å². The first-order valence-electron chi connectivity index (χ1n) is 13.6. The van der Waals surface area contributed by atoms with Crippen LogP contribution in [0.3, 0.4) is 0 Å². The van der Waals surface area contributed by atoms with Gasteiger partial charge in [-0.15, -0.1) is 0 Å². The van der Waals surface area contributed by atoms with Gasteiger partial charge < -0.3 is 0 Å². The predicted molar refractivity (Wildman–Crippen MR) is 152 cm³/mol. The average molecular weight is 510 g/mol. The molecule has 0 aliphatic heterocycles. The summed E-state index contributed by atoms with van der Waals surface area (Å²) in [5, 5.41) is 0. The number of hydrogen-bond acceptors (Lipinski definition) is 1. The molecule has 1 aliphatic rings. The Morgan fingerprint density at radius 2 is 1.21 bits per heavy atom. The Morgan fingerprint density at radius 3 is 1.48 bits per heavy atom. The summed E-state index contributed by atoms with van der Waals surface area (Å²) in [7, 11) is -1.35. The minimum Gasteiger partial charge on any atom is -0.271 e. The van der Waals surface area contributed by atoms with E-state index in [-0.39, 0.29) is 21.7 Å². The smallest absolute Gasteiger partial charge is 0.0425 e. The van der Waals surface area contributed by atoms with E-state index in [2.05, 4.69) is 99.6 Å². The Kier molecular flexibility index (Phi) is 21.4. The largest absolute Gasteiger partial charge is 0.271 e. The fraction of sp³-hybridized carbons (Fsp3) is 0.733. The summed E-state index contributed by atoms with van der Waals surface area (Å²) in [4.78, 5) is 0. The summed E-state index contributed by atoms with van der Waals surface area (Å²) in [5.74, 6) is 0. The first-order valence-corrected chi connectivity index (χ1v) is 15.5. The van der Waals surface area contributed by atoms with Gasteiger partial charge in [-0.2, -0.15) is 0 Å². The van der Waals surface area contributed by atoms with Crippen LogP contribution in [-0.4, -0.2) is 17.0 Å². The van der Waals surface area contributed by atoms with E-state index in [0.717, 1.165) is 36.2 Å². The molecule has 0 amide bonds. The quantitative estimate of drug-likeness (QED) is 0.133. The molecule has 1 aliphatic carbocycles. The van der Waals surface area contributed by atoms with Crippen LogP contribution < -0.4 is 0 Å². The van der Waals surface area contributed by atoms with E-state index >= 15 is 0 Å². The minimum absolute atomic E-state index is 0. The molecule has 3 atom stereocenters. The fourth-order valence-electron chi connectivity index (χ4n) is 5.14. The molecule has 0 N–H and O–H groups in total. The summed E-state index contributed by atoms with van der Waals surface area (Å²) in [6, 6.07) is 0. The summed E-state index contributed by atoms with van der Waals surface area (Å²) in [6.45, 7) is 23.2. The Morgan fingerprint density at radius 1 is 0.818 bits per heavy atom. The molecule has 0 aromatic carbocycles. The van der Waals surface area contributed by atoms with Gasteiger partial charge in [0.25, 0.3) is 0 Å². The van der Waals surface area contributed by atoms with Gasteiger partial charge in [0.05, 0.1) is 0 Å². The van der Waals surface area contributed by atoms with E-state index in [1.807, 2.05) is 0 Å². The van der Waals surface area contributed by atoms with Crippen LogP contribution in [0.25, 0.3) is 0 Å². The van der Waals surface area contributed by atoms with Crippen LogP contribution in [0, 0.1) is 0 Å². The predicted octanol–water partition coefficient (Wildman–Crippen LogP) is 11.3. The zero-order valence-corrected chi connectivity index (χ0v) is 26.3. The SMILES string of the molecule is CCC=C(C)C(C)=CCC.CCCC(C)P(=NC1=CC=CC1)(C(C)CCC)C(C)CCC.[Ti]. The number of nitrogens with zero attached hydrogens (tertiary/aromatic N) is 1. The van der Waals surface area contributed by atoms with Crippen molar-refractivity contribution in [3.63, 3.8) is 0 Å². The third-order valence-electron chi connectivity index (χ3n) is 6.93. The second kappa shape index (κ2) is 20.1. The molecule has 0 saturated heterocycles. The molecule has 0 bridgehead atoms. The maximum absolute atomic E-state index is 5.57. The van der Waals surface area contributed by atoms with Crippen molar-refractivity contribution < 1.29 is 21.7 Å². The zero-order valence-electron chi connectivity index (χ0n) is 23.9.